The molecule has 1 aliphatic rings. The molecule has 18 heavy (non-hydrogen) atoms. The van der Waals surface area contributed by atoms with Crippen molar-refractivity contribution < 1.29 is 9.84 Å². The van der Waals surface area contributed by atoms with E-state index in [4.69, 9.17) is 4.74 Å². The molecule has 0 radical (unpaired) electrons. The van der Waals surface area contributed by atoms with Crippen molar-refractivity contribution in [2.75, 3.05) is 7.11 Å². The summed E-state index contributed by atoms with van der Waals surface area (Å²) in [6.45, 7) is 2.87. The molecule has 1 aliphatic carbocycles. The van der Waals surface area contributed by atoms with Gasteiger partial charge in [-0.2, -0.15) is 5.10 Å². The van der Waals surface area contributed by atoms with Gasteiger partial charge in [0, 0.05) is 25.4 Å². The number of hydrogen-bond acceptors (Lipinski definition) is 3. The Balaban J connectivity index is 2.19. The van der Waals surface area contributed by atoms with Crippen molar-refractivity contribution in [1.29, 1.82) is 0 Å². The minimum atomic E-state index is -0.569. The zero-order chi connectivity index (χ0) is 13.0. The van der Waals surface area contributed by atoms with Gasteiger partial charge in [-0.05, 0) is 19.8 Å². The lowest BCUT2D eigenvalue weighted by Gasteiger charge is -2.35. The molecule has 0 amide bonds. The van der Waals surface area contributed by atoms with Gasteiger partial charge in [-0.3, -0.25) is 4.68 Å². The fourth-order valence-corrected chi connectivity index (χ4v) is 2.91. The van der Waals surface area contributed by atoms with Crippen LogP contribution in [0.4, 0.5) is 0 Å². The summed E-state index contributed by atoms with van der Waals surface area (Å²) in [4.78, 5) is 0. The van der Waals surface area contributed by atoms with Crippen LogP contribution in [0.1, 0.15) is 57.1 Å². The number of aliphatic hydroxyl groups is 1. The van der Waals surface area contributed by atoms with Crippen LogP contribution in [0.15, 0.2) is 12.4 Å². The maximum Gasteiger partial charge on any atom is 0.111 e. The highest BCUT2D eigenvalue weighted by atomic mass is 16.5. The topological polar surface area (TPSA) is 47.3 Å². The number of aryl methyl sites for hydroxylation is 1. The van der Waals surface area contributed by atoms with Crippen LogP contribution >= 0.6 is 0 Å². The first-order valence-corrected chi connectivity index (χ1v) is 6.97. The van der Waals surface area contributed by atoms with Crippen LogP contribution in [0.25, 0.3) is 0 Å². The minimum Gasteiger partial charge on any atom is -0.385 e. The second kappa shape index (κ2) is 5.85. The Morgan fingerprint density at radius 1 is 1.39 bits per heavy atom. The molecule has 1 aromatic rings. The van der Waals surface area contributed by atoms with Gasteiger partial charge >= 0.3 is 0 Å². The van der Waals surface area contributed by atoms with Crippen molar-refractivity contribution in [3.63, 3.8) is 0 Å². The molecule has 1 aromatic heterocycles. The third-order valence-electron chi connectivity index (χ3n) is 4.15. The molecule has 1 heterocycles. The molecular formula is C14H24N2O2. The Kier molecular flexibility index (Phi) is 4.40. The van der Waals surface area contributed by atoms with Gasteiger partial charge in [0.05, 0.1) is 11.8 Å². The van der Waals surface area contributed by atoms with Crippen LogP contribution in [-0.2, 0) is 11.3 Å². The van der Waals surface area contributed by atoms with Crippen LogP contribution in [0.2, 0.25) is 0 Å². The van der Waals surface area contributed by atoms with E-state index in [1.165, 1.54) is 12.8 Å². The van der Waals surface area contributed by atoms with Gasteiger partial charge in [0.2, 0.25) is 0 Å². The van der Waals surface area contributed by atoms with E-state index < -0.39 is 11.7 Å². The first-order chi connectivity index (χ1) is 8.72. The number of aromatic nitrogens is 2. The van der Waals surface area contributed by atoms with Gasteiger partial charge in [-0.25, -0.2) is 0 Å². The van der Waals surface area contributed by atoms with E-state index in [0.29, 0.717) is 0 Å². The monoisotopic (exact) mass is 252 g/mol. The molecule has 1 atom stereocenters. The molecule has 1 saturated carbocycles. The fraction of sp³-hybridized carbons (Fsp3) is 0.786. The second-order valence-electron chi connectivity index (χ2n) is 5.22. The summed E-state index contributed by atoms with van der Waals surface area (Å²) >= 11 is 0. The molecule has 0 saturated heterocycles. The summed E-state index contributed by atoms with van der Waals surface area (Å²) in [5.41, 5.74) is 0.457. The average molecular weight is 252 g/mol. The molecule has 0 bridgehead atoms. The SMILES string of the molecule is CCn1cc(C(O)C2(OC)CCCCCC2)cn1. The van der Waals surface area contributed by atoms with E-state index in [-0.39, 0.29) is 0 Å². The van der Waals surface area contributed by atoms with Crippen LogP contribution in [-0.4, -0.2) is 27.6 Å². The largest absolute Gasteiger partial charge is 0.385 e. The van der Waals surface area contributed by atoms with E-state index in [9.17, 15) is 5.11 Å². The van der Waals surface area contributed by atoms with Crippen molar-refractivity contribution in [3.05, 3.63) is 18.0 Å². The first kappa shape index (κ1) is 13.6. The van der Waals surface area contributed by atoms with Crippen LogP contribution in [0, 0.1) is 0 Å². The molecule has 1 fully saturated rings. The summed E-state index contributed by atoms with van der Waals surface area (Å²) in [5, 5.41) is 14.9. The molecule has 4 heteroatoms. The summed E-state index contributed by atoms with van der Waals surface area (Å²) in [6, 6.07) is 0. The number of nitrogens with zero attached hydrogens (tertiary/aromatic N) is 2. The van der Waals surface area contributed by atoms with Crippen molar-refractivity contribution in [2.45, 2.75) is 63.7 Å². The molecule has 1 N–H and O–H groups in total. The number of methoxy groups -OCH3 is 1. The third kappa shape index (κ3) is 2.59. The third-order valence-corrected chi connectivity index (χ3v) is 4.15. The number of aliphatic hydroxyl groups excluding tert-OH is 1. The second-order valence-corrected chi connectivity index (χ2v) is 5.22. The number of rotatable bonds is 4. The predicted octanol–water partition coefficient (Wildman–Crippen LogP) is 2.68. The summed E-state index contributed by atoms with van der Waals surface area (Å²) in [6.07, 6.45) is 9.73. The highest BCUT2D eigenvalue weighted by Crippen LogP contribution is 2.39. The molecule has 0 spiro atoms. The lowest BCUT2D eigenvalue weighted by atomic mass is 9.85. The van der Waals surface area contributed by atoms with Gasteiger partial charge in [0.15, 0.2) is 0 Å². The van der Waals surface area contributed by atoms with Gasteiger partial charge in [-0.15, -0.1) is 0 Å². The zero-order valence-electron chi connectivity index (χ0n) is 11.4. The Bertz CT molecular complexity index is 368. The van der Waals surface area contributed by atoms with E-state index in [2.05, 4.69) is 5.10 Å². The summed E-state index contributed by atoms with van der Waals surface area (Å²) < 4.78 is 7.58. The van der Waals surface area contributed by atoms with Crippen molar-refractivity contribution in [3.8, 4) is 0 Å². The van der Waals surface area contributed by atoms with Gasteiger partial charge in [0.25, 0.3) is 0 Å². The predicted molar refractivity (Wildman–Crippen MR) is 70.3 cm³/mol. The van der Waals surface area contributed by atoms with E-state index in [1.54, 1.807) is 13.3 Å². The van der Waals surface area contributed by atoms with E-state index >= 15 is 0 Å². The zero-order valence-corrected chi connectivity index (χ0v) is 11.4. The Morgan fingerprint density at radius 3 is 2.56 bits per heavy atom. The Morgan fingerprint density at radius 2 is 2.06 bits per heavy atom. The molecule has 1 unspecified atom stereocenters. The van der Waals surface area contributed by atoms with Crippen molar-refractivity contribution >= 4 is 0 Å². The normalized spacial score (nSPS) is 21.5. The minimum absolute atomic E-state index is 0.419. The highest BCUT2D eigenvalue weighted by molar-refractivity contribution is 5.14. The Hall–Kier alpha value is -0.870. The smallest absolute Gasteiger partial charge is 0.111 e. The summed E-state index contributed by atoms with van der Waals surface area (Å²) in [7, 11) is 1.72. The van der Waals surface area contributed by atoms with Crippen molar-refractivity contribution in [2.24, 2.45) is 0 Å². The summed E-state index contributed by atoms with van der Waals surface area (Å²) in [5.74, 6) is 0. The highest BCUT2D eigenvalue weighted by Gasteiger charge is 2.39. The quantitative estimate of drug-likeness (QED) is 0.838. The standard InChI is InChI=1S/C14H24N2O2/c1-3-16-11-12(10-15-16)13(17)14(18-2)8-6-4-5-7-9-14/h10-11,13,17H,3-9H2,1-2H3. The maximum absolute atomic E-state index is 10.7. The molecule has 0 aliphatic heterocycles. The van der Waals surface area contributed by atoms with Crippen LogP contribution < -0.4 is 0 Å². The molecule has 2 rings (SSSR count). The number of hydrogen-bond donors (Lipinski definition) is 1. The first-order valence-electron chi connectivity index (χ1n) is 6.97. The van der Waals surface area contributed by atoms with Crippen molar-refractivity contribution in [1.82, 2.24) is 9.78 Å². The van der Waals surface area contributed by atoms with E-state index in [0.717, 1.165) is 37.8 Å². The molecular weight excluding hydrogens is 228 g/mol. The maximum atomic E-state index is 10.7. The fourth-order valence-electron chi connectivity index (χ4n) is 2.91. The molecule has 4 nitrogen and oxygen atoms in total. The van der Waals surface area contributed by atoms with E-state index in [1.807, 2.05) is 17.8 Å². The van der Waals surface area contributed by atoms with Gasteiger partial charge in [-0.1, -0.05) is 25.7 Å². The van der Waals surface area contributed by atoms with Crippen LogP contribution in [0.3, 0.4) is 0 Å². The Labute approximate surface area is 109 Å². The number of ether oxygens (including phenoxy) is 1. The van der Waals surface area contributed by atoms with Gasteiger partial charge in [0.1, 0.15) is 6.10 Å². The lowest BCUT2D eigenvalue weighted by molar-refractivity contribution is -0.114. The van der Waals surface area contributed by atoms with Crippen LogP contribution in [0.5, 0.6) is 0 Å². The molecule has 102 valence electrons. The lowest BCUT2D eigenvalue weighted by Crippen LogP contribution is -2.38. The average Bonchev–Trinajstić information content (AvgIpc) is 2.75. The van der Waals surface area contributed by atoms with Gasteiger partial charge < -0.3 is 9.84 Å². The molecule has 0 aromatic carbocycles.